The van der Waals surface area contributed by atoms with Gasteiger partial charge in [-0.25, -0.2) is 17.6 Å². The van der Waals surface area contributed by atoms with Crippen molar-refractivity contribution in [1.29, 1.82) is 0 Å². The van der Waals surface area contributed by atoms with Crippen LogP contribution in [0.2, 0.25) is 0 Å². The lowest BCUT2D eigenvalue weighted by atomic mass is 10.2. The zero-order chi connectivity index (χ0) is 11.2. The van der Waals surface area contributed by atoms with Gasteiger partial charge in [-0.15, -0.1) is 0 Å². The van der Waals surface area contributed by atoms with Crippen LogP contribution in [0, 0.1) is 23.3 Å². The van der Waals surface area contributed by atoms with E-state index in [0.29, 0.717) is 0 Å². The Labute approximate surface area is 81.1 Å². The molecular weight excluding hydrogens is 214 g/mol. The first kappa shape index (κ1) is 9.97. The Morgan fingerprint density at radius 1 is 1.00 bits per heavy atom. The van der Waals surface area contributed by atoms with Gasteiger partial charge in [-0.3, -0.25) is 0 Å². The minimum absolute atomic E-state index is 0.0767. The van der Waals surface area contributed by atoms with Crippen LogP contribution in [-0.2, 0) is 6.61 Å². The number of aromatic amines is 1. The van der Waals surface area contributed by atoms with E-state index < -0.39 is 40.8 Å². The molecular formula is C9H5F4NO. The van der Waals surface area contributed by atoms with Crippen LogP contribution in [0.1, 0.15) is 5.69 Å². The Morgan fingerprint density at radius 3 is 2.20 bits per heavy atom. The molecule has 1 aromatic heterocycles. The lowest BCUT2D eigenvalue weighted by Gasteiger charge is -1.99. The molecule has 2 aromatic rings. The molecule has 1 aromatic carbocycles. The number of hydrogen-bond acceptors (Lipinski definition) is 1. The zero-order valence-electron chi connectivity index (χ0n) is 7.24. The van der Waals surface area contributed by atoms with Crippen molar-refractivity contribution in [3.63, 3.8) is 0 Å². The van der Waals surface area contributed by atoms with Crippen molar-refractivity contribution in [3.05, 3.63) is 35.0 Å². The van der Waals surface area contributed by atoms with Gasteiger partial charge in [0.25, 0.3) is 0 Å². The minimum Gasteiger partial charge on any atom is -0.390 e. The largest absolute Gasteiger partial charge is 0.390 e. The van der Waals surface area contributed by atoms with Crippen LogP contribution in [0.3, 0.4) is 0 Å². The summed E-state index contributed by atoms with van der Waals surface area (Å²) in [6.45, 7) is -0.503. The normalized spacial score (nSPS) is 11.3. The van der Waals surface area contributed by atoms with E-state index >= 15 is 0 Å². The van der Waals surface area contributed by atoms with Crippen molar-refractivity contribution < 1.29 is 22.7 Å². The van der Waals surface area contributed by atoms with Crippen molar-refractivity contribution in [2.24, 2.45) is 0 Å². The van der Waals surface area contributed by atoms with Crippen molar-refractivity contribution in [1.82, 2.24) is 4.98 Å². The maximum atomic E-state index is 13.1. The van der Waals surface area contributed by atoms with Gasteiger partial charge < -0.3 is 10.1 Å². The van der Waals surface area contributed by atoms with Crippen molar-refractivity contribution >= 4 is 10.9 Å². The molecule has 2 N–H and O–H groups in total. The highest BCUT2D eigenvalue weighted by Gasteiger charge is 2.21. The Balaban J connectivity index is 2.90. The fourth-order valence-electron chi connectivity index (χ4n) is 1.36. The number of aliphatic hydroxyl groups excluding tert-OH is 1. The molecule has 0 spiro atoms. The van der Waals surface area contributed by atoms with E-state index in [1.807, 2.05) is 0 Å². The van der Waals surface area contributed by atoms with Crippen molar-refractivity contribution in [2.75, 3.05) is 0 Å². The lowest BCUT2D eigenvalue weighted by Crippen LogP contribution is -1.96. The summed E-state index contributed by atoms with van der Waals surface area (Å²) >= 11 is 0. The molecule has 0 atom stereocenters. The van der Waals surface area contributed by atoms with Gasteiger partial charge in [-0.1, -0.05) is 0 Å². The standard InChI is InChI=1S/C9H5F4NO/c10-5-4-1-3(2-15)14-9(4)8(13)7(12)6(5)11/h1,14-15H,2H2. The van der Waals surface area contributed by atoms with Crippen LogP contribution in [0.4, 0.5) is 17.6 Å². The number of nitrogens with one attached hydrogen (secondary N) is 1. The molecule has 2 nitrogen and oxygen atoms in total. The number of rotatable bonds is 1. The predicted octanol–water partition coefficient (Wildman–Crippen LogP) is 2.22. The highest BCUT2D eigenvalue weighted by molar-refractivity contribution is 5.82. The minimum atomic E-state index is -1.87. The molecule has 80 valence electrons. The maximum Gasteiger partial charge on any atom is 0.199 e. The number of benzene rings is 1. The molecule has 1 heterocycles. The molecule has 0 aliphatic heterocycles. The Kier molecular flexibility index (Phi) is 2.15. The van der Waals surface area contributed by atoms with Crippen LogP contribution in [0.5, 0.6) is 0 Å². The number of halogens is 4. The summed E-state index contributed by atoms with van der Waals surface area (Å²) in [4.78, 5) is 2.25. The molecule has 0 radical (unpaired) electrons. The second kappa shape index (κ2) is 3.23. The summed E-state index contributed by atoms with van der Waals surface area (Å²) in [5.41, 5.74) is -0.414. The van der Waals surface area contributed by atoms with Gasteiger partial charge >= 0.3 is 0 Å². The van der Waals surface area contributed by atoms with Gasteiger partial charge in [0, 0.05) is 11.1 Å². The molecule has 0 unspecified atom stereocenters. The highest BCUT2D eigenvalue weighted by atomic mass is 19.2. The van der Waals surface area contributed by atoms with E-state index in [9.17, 15) is 17.6 Å². The van der Waals surface area contributed by atoms with E-state index in [1.54, 1.807) is 0 Å². The van der Waals surface area contributed by atoms with Gasteiger partial charge in [-0.2, -0.15) is 0 Å². The second-order valence-corrected chi connectivity index (χ2v) is 3.00. The highest BCUT2D eigenvalue weighted by Crippen LogP contribution is 2.26. The van der Waals surface area contributed by atoms with Crippen LogP contribution in [0.25, 0.3) is 10.9 Å². The Morgan fingerprint density at radius 2 is 1.60 bits per heavy atom. The van der Waals surface area contributed by atoms with E-state index in [2.05, 4.69) is 4.98 Å². The topological polar surface area (TPSA) is 36.0 Å². The summed E-state index contributed by atoms with van der Waals surface area (Å²) < 4.78 is 51.7. The first-order valence-electron chi connectivity index (χ1n) is 4.00. The fourth-order valence-corrected chi connectivity index (χ4v) is 1.36. The Hall–Kier alpha value is -1.56. The summed E-state index contributed by atoms with van der Waals surface area (Å²) in [7, 11) is 0. The number of hydrogen-bond donors (Lipinski definition) is 2. The number of fused-ring (bicyclic) bond motifs is 1. The first-order valence-corrected chi connectivity index (χ1v) is 4.00. The molecule has 15 heavy (non-hydrogen) atoms. The number of H-pyrrole nitrogens is 1. The SMILES string of the molecule is OCc1cc2c(F)c(F)c(F)c(F)c2[nH]1. The van der Waals surface area contributed by atoms with E-state index in [1.165, 1.54) is 0 Å². The van der Waals surface area contributed by atoms with Gasteiger partial charge in [-0.05, 0) is 6.07 Å². The molecule has 0 aliphatic carbocycles. The number of aromatic nitrogens is 1. The smallest absolute Gasteiger partial charge is 0.199 e. The molecule has 2 rings (SSSR count). The maximum absolute atomic E-state index is 13.1. The molecule has 0 aliphatic rings. The molecule has 0 bridgehead atoms. The van der Waals surface area contributed by atoms with Crippen molar-refractivity contribution in [2.45, 2.75) is 6.61 Å². The van der Waals surface area contributed by atoms with E-state index in [0.717, 1.165) is 6.07 Å². The molecule has 6 heteroatoms. The predicted molar refractivity (Wildman–Crippen MR) is 44.1 cm³/mol. The van der Waals surface area contributed by atoms with E-state index in [-0.39, 0.29) is 5.69 Å². The molecule has 0 saturated carbocycles. The Bertz CT molecular complexity index is 490. The fraction of sp³-hybridized carbons (Fsp3) is 0.111. The third kappa shape index (κ3) is 1.29. The van der Waals surface area contributed by atoms with Gasteiger partial charge in [0.15, 0.2) is 23.3 Å². The van der Waals surface area contributed by atoms with Crippen molar-refractivity contribution in [3.8, 4) is 0 Å². The summed E-state index contributed by atoms with van der Waals surface area (Å²) in [6, 6.07) is 1.02. The van der Waals surface area contributed by atoms with Gasteiger partial charge in [0.1, 0.15) is 0 Å². The quantitative estimate of drug-likeness (QED) is 0.430. The lowest BCUT2D eigenvalue weighted by molar-refractivity contribution is 0.278. The third-order valence-electron chi connectivity index (χ3n) is 2.08. The van der Waals surface area contributed by atoms with Crippen LogP contribution < -0.4 is 0 Å². The monoisotopic (exact) mass is 219 g/mol. The average molecular weight is 219 g/mol. The van der Waals surface area contributed by atoms with Crippen LogP contribution in [-0.4, -0.2) is 10.1 Å². The van der Waals surface area contributed by atoms with E-state index in [4.69, 9.17) is 5.11 Å². The molecule has 0 saturated heterocycles. The zero-order valence-corrected chi connectivity index (χ0v) is 7.24. The van der Waals surface area contributed by atoms with Crippen LogP contribution >= 0.6 is 0 Å². The summed E-state index contributed by atoms with van der Waals surface area (Å²) in [5, 5.41) is 8.27. The molecule has 0 amide bonds. The summed E-state index contributed by atoms with van der Waals surface area (Å²) in [6.07, 6.45) is 0. The summed E-state index contributed by atoms with van der Waals surface area (Å²) in [5.74, 6) is -6.70. The van der Waals surface area contributed by atoms with Gasteiger partial charge in [0.05, 0.1) is 12.1 Å². The first-order chi connectivity index (χ1) is 7.06. The third-order valence-corrected chi connectivity index (χ3v) is 2.08. The van der Waals surface area contributed by atoms with Gasteiger partial charge in [0.2, 0.25) is 0 Å². The molecule has 0 fully saturated rings. The number of aliphatic hydroxyl groups is 1. The van der Waals surface area contributed by atoms with Crippen LogP contribution in [0.15, 0.2) is 6.07 Å². The second-order valence-electron chi connectivity index (χ2n) is 3.00. The average Bonchev–Trinajstić information content (AvgIpc) is 2.67.